The van der Waals surface area contributed by atoms with Gasteiger partial charge in [-0.15, -0.1) is 0 Å². The summed E-state index contributed by atoms with van der Waals surface area (Å²) >= 11 is 4.94. The molecule has 0 saturated heterocycles. The Bertz CT molecular complexity index is 379. The molecular weight excluding hydrogens is 225 g/mol. The average Bonchev–Trinajstić information content (AvgIpc) is 2.20. The first-order chi connectivity index (χ1) is 7.43. The summed E-state index contributed by atoms with van der Waals surface area (Å²) in [6, 6.07) is 6.33. The molecule has 0 aliphatic carbocycles. The van der Waals surface area contributed by atoms with Gasteiger partial charge >= 0.3 is 0 Å². The fourth-order valence-corrected chi connectivity index (χ4v) is 1.20. The van der Waals surface area contributed by atoms with Crippen molar-refractivity contribution in [2.24, 2.45) is 11.1 Å². The summed E-state index contributed by atoms with van der Waals surface area (Å²) in [6.07, 6.45) is 0.663. The van der Waals surface area contributed by atoms with Crippen LogP contribution in [0.3, 0.4) is 0 Å². The highest BCUT2D eigenvalue weighted by atomic mass is 32.1. The van der Waals surface area contributed by atoms with E-state index in [0.29, 0.717) is 18.0 Å². The predicted molar refractivity (Wildman–Crippen MR) is 67.1 cm³/mol. The number of ether oxygens (including phenoxy) is 1. The van der Waals surface area contributed by atoms with Crippen LogP contribution in [0.2, 0.25) is 0 Å². The van der Waals surface area contributed by atoms with Crippen molar-refractivity contribution in [1.29, 1.82) is 0 Å². The molecule has 1 aromatic carbocycles. The van der Waals surface area contributed by atoms with Crippen LogP contribution in [0.25, 0.3) is 0 Å². The molecule has 0 radical (unpaired) electrons. The third-order valence-corrected chi connectivity index (χ3v) is 3.04. The minimum atomic E-state index is -0.351. The van der Waals surface area contributed by atoms with Crippen molar-refractivity contribution in [3.8, 4) is 5.75 Å². The molecule has 16 heavy (non-hydrogen) atoms. The zero-order chi connectivity index (χ0) is 12.2. The zero-order valence-corrected chi connectivity index (χ0v) is 10.3. The van der Waals surface area contributed by atoms with Crippen LogP contribution in [0.5, 0.6) is 5.75 Å². The van der Waals surface area contributed by atoms with Crippen LogP contribution < -0.4 is 10.5 Å². The summed E-state index contributed by atoms with van der Waals surface area (Å²) < 4.78 is 18.5. The van der Waals surface area contributed by atoms with Crippen LogP contribution in [0, 0.1) is 11.2 Å². The Morgan fingerprint density at radius 1 is 1.44 bits per heavy atom. The number of para-hydroxylation sites is 1. The Hall–Kier alpha value is -1.16. The van der Waals surface area contributed by atoms with Crippen molar-refractivity contribution in [2.75, 3.05) is 6.61 Å². The summed E-state index contributed by atoms with van der Waals surface area (Å²) in [7, 11) is 0. The summed E-state index contributed by atoms with van der Waals surface area (Å²) in [5.74, 6) is -0.0862. The molecule has 4 heteroatoms. The summed E-state index contributed by atoms with van der Waals surface area (Å²) in [5.41, 5.74) is 5.32. The van der Waals surface area contributed by atoms with Gasteiger partial charge in [-0.1, -0.05) is 38.2 Å². The maximum absolute atomic E-state index is 13.2. The second kappa shape index (κ2) is 5.25. The average molecular weight is 241 g/mol. The molecule has 0 aliphatic heterocycles. The highest BCUT2D eigenvalue weighted by Gasteiger charge is 2.21. The molecule has 1 rings (SSSR count). The second-order valence-electron chi connectivity index (χ2n) is 4.28. The standard InChI is InChI=1S/C12H16FNOS/c1-12(2,11(14)16)7-8-15-10-6-4-3-5-9(10)13/h3-6H,7-8H2,1-2H3,(H2,14,16). The Kier molecular flexibility index (Phi) is 4.24. The van der Waals surface area contributed by atoms with E-state index in [1.165, 1.54) is 6.07 Å². The largest absolute Gasteiger partial charge is 0.490 e. The monoisotopic (exact) mass is 241 g/mol. The molecule has 0 spiro atoms. The quantitative estimate of drug-likeness (QED) is 0.805. The third kappa shape index (κ3) is 3.45. The topological polar surface area (TPSA) is 35.2 Å². The lowest BCUT2D eigenvalue weighted by atomic mass is 9.90. The zero-order valence-electron chi connectivity index (χ0n) is 9.50. The van der Waals surface area contributed by atoms with Crippen molar-refractivity contribution >= 4 is 17.2 Å². The number of hydrogen-bond acceptors (Lipinski definition) is 2. The fraction of sp³-hybridized carbons (Fsp3) is 0.417. The van der Waals surface area contributed by atoms with Crippen LogP contribution in [-0.4, -0.2) is 11.6 Å². The molecule has 2 N–H and O–H groups in total. The van der Waals surface area contributed by atoms with Crippen LogP contribution in [0.15, 0.2) is 24.3 Å². The van der Waals surface area contributed by atoms with E-state index >= 15 is 0 Å². The van der Waals surface area contributed by atoms with Gasteiger partial charge in [0.2, 0.25) is 0 Å². The Morgan fingerprint density at radius 3 is 2.62 bits per heavy atom. The number of nitrogens with two attached hydrogens (primary N) is 1. The van der Waals surface area contributed by atoms with E-state index in [2.05, 4.69) is 0 Å². The first-order valence-corrected chi connectivity index (χ1v) is 5.51. The normalized spacial score (nSPS) is 11.2. The van der Waals surface area contributed by atoms with Crippen molar-refractivity contribution in [3.63, 3.8) is 0 Å². The van der Waals surface area contributed by atoms with E-state index in [1.54, 1.807) is 18.2 Å². The van der Waals surface area contributed by atoms with Gasteiger partial charge in [0.05, 0.1) is 11.6 Å². The van der Waals surface area contributed by atoms with Gasteiger partial charge < -0.3 is 10.5 Å². The van der Waals surface area contributed by atoms with Crippen molar-refractivity contribution in [2.45, 2.75) is 20.3 Å². The van der Waals surface area contributed by atoms with Crippen molar-refractivity contribution in [1.82, 2.24) is 0 Å². The maximum atomic E-state index is 13.2. The number of rotatable bonds is 5. The van der Waals surface area contributed by atoms with Gasteiger partial charge in [0.15, 0.2) is 11.6 Å². The first-order valence-electron chi connectivity index (χ1n) is 5.11. The number of halogens is 1. The first kappa shape index (κ1) is 12.9. The van der Waals surface area contributed by atoms with E-state index in [0.717, 1.165) is 0 Å². The second-order valence-corrected chi connectivity index (χ2v) is 4.72. The molecule has 0 amide bonds. The molecular formula is C12H16FNOS. The van der Waals surface area contributed by atoms with Crippen molar-refractivity contribution < 1.29 is 9.13 Å². The smallest absolute Gasteiger partial charge is 0.165 e. The van der Waals surface area contributed by atoms with E-state index in [4.69, 9.17) is 22.7 Å². The Morgan fingerprint density at radius 2 is 2.06 bits per heavy atom. The third-order valence-electron chi connectivity index (χ3n) is 2.49. The van der Waals surface area contributed by atoms with Gasteiger partial charge in [-0.2, -0.15) is 0 Å². The van der Waals surface area contributed by atoms with Gasteiger partial charge in [0.1, 0.15) is 0 Å². The van der Waals surface area contributed by atoms with E-state index in [1.807, 2.05) is 13.8 Å². The van der Waals surface area contributed by atoms with Crippen LogP contribution in [0.1, 0.15) is 20.3 Å². The van der Waals surface area contributed by atoms with Gasteiger partial charge in [-0.25, -0.2) is 4.39 Å². The molecule has 0 bridgehead atoms. The molecule has 0 aliphatic rings. The summed E-state index contributed by atoms with van der Waals surface area (Å²) in [6.45, 7) is 4.28. The molecule has 0 heterocycles. The predicted octanol–water partition coefficient (Wildman–Crippen LogP) is 2.91. The van der Waals surface area contributed by atoms with Gasteiger partial charge in [0.25, 0.3) is 0 Å². The van der Waals surface area contributed by atoms with E-state index < -0.39 is 0 Å². The molecule has 2 nitrogen and oxygen atoms in total. The minimum absolute atomic E-state index is 0.263. The van der Waals surface area contributed by atoms with Gasteiger partial charge in [-0.3, -0.25) is 0 Å². The van der Waals surface area contributed by atoms with Crippen molar-refractivity contribution in [3.05, 3.63) is 30.1 Å². The molecule has 0 fully saturated rings. The lowest BCUT2D eigenvalue weighted by molar-refractivity contribution is 0.260. The lowest BCUT2D eigenvalue weighted by Gasteiger charge is -2.22. The van der Waals surface area contributed by atoms with Gasteiger partial charge in [-0.05, 0) is 18.6 Å². The minimum Gasteiger partial charge on any atom is -0.490 e. The molecule has 0 saturated carbocycles. The highest BCUT2D eigenvalue weighted by Crippen LogP contribution is 2.22. The summed E-state index contributed by atoms with van der Waals surface area (Å²) in [5, 5.41) is 0. The Labute approximate surface area is 101 Å². The maximum Gasteiger partial charge on any atom is 0.165 e. The number of benzene rings is 1. The van der Waals surface area contributed by atoms with Crippen LogP contribution >= 0.6 is 12.2 Å². The van der Waals surface area contributed by atoms with E-state index in [-0.39, 0.29) is 17.0 Å². The number of hydrogen-bond donors (Lipinski definition) is 1. The van der Waals surface area contributed by atoms with E-state index in [9.17, 15) is 4.39 Å². The molecule has 1 aromatic rings. The molecule has 0 atom stereocenters. The Balaban J connectivity index is 2.48. The SMILES string of the molecule is CC(C)(CCOc1ccccc1F)C(N)=S. The molecule has 0 aromatic heterocycles. The fourth-order valence-electron chi connectivity index (χ4n) is 1.10. The molecule has 0 unspecified atom stereocenters. The van der Waals surface area contributed by atoms with Crippen LogP contribution in [-0.2, 0) is 0 Å². The summed E-state index contributed by atoms with van der Waals surface area (Å²) in [4.78, 5) is 0.449. The van der Waals surface area contributed by atoms with Gasteiger partial charge in [0, 0.05) is 5.41 Å². The van der Waals surface area contributed by atoms with Crippen LogP contribution in [0.4, 0.5) is 4.39 Å². The lowest BCUT2D eigenvalue weighted by Crippen LogP contribution is -2.31. The number of thiocarbonyl (C=S) groups is 1. The molecule has 88 valence electrons. The highest BCUT2D eigenvalue weighted by molar-refractivity contribution is 7.80.